The average molecular weight is 434 g/mol. The fraction of sp³-hybridized carbons (Fsp3) is 0.346. The van der Waals surface area contributed by atoms with Crippen molar-refractivity contribution in [3.8, 4) is 17.0 Å². The molecule has 6 nitrogen and oxygen atoms in total. The first-order chi connectivity index (χ1) is 15.1. The molecule has 0 bridgehead atoms. The van der Waals surface area contributed by atoms with Crippen LogP contribution >= 0.6 is 0 Å². The summed E-state index contributed by atoms with van der Waals surface area (Å²) in [6.45, 7) is 10.8. The third-order valence-corrected chi connectivity index (χ3v) is 5.22. The molecule has 0 saturated heterocycles. The zero-order chi connectivity index (χ0) is 23.3. The first-order valence-electron chi connectivity index (χ1n) is 10.8. The largest absolute Gasteiger partial charge is 0.481 e. The monoisotopic (exact) mass is 433 g/mol. The van der Waals surface area contributed by atoms with E-state index in [2.05, 4.69) is 37.1 Å². The molecule has 1 amide bonds. The Morgan fingerprint density at radius 2 is 1.84 bits per heavy atom. The minimum atomic E-state index is -0.658. The number of nitrogens with one attached hydrogen (secondary N) is 1. The summed E-state index contributed by atoms with van der Waals surface area (Å²) in [4.78, 5) is 29.3. The maximum absolute atomic E-state index is 12.6. The summed E-state index contributed by atoms with van der Waals surface area (Å²) in [6.07, 6.45) is 0.854. The van der Waals surface area contributed by atoms with Crippen LogP contribution in [0.1, 0.15) is 38.8 Å². The summed E-state index contributed by atoms with van der Waals surface area (Å²) in [6, 6.07) is 17.0. The second-order valence-corrected chi connectivity index (χ2v) is 8.97. The molecule has 3 rings (SSSR count). The van der Waals surface area contributed by atoms with E-state index in [-0.39, 0.29) is 16.9 Å². The molecule has 0 fully saturated rings. The lowest BCUT2D eigenvalue weighted by Gasteiger charge is -2.25. The van der Waals surface area contributed by atoms with E-state index >= 15 is 0 Å². The number of benzene rings is 2. The smallest absolute Gasteiger partial charge is 0.260 e. The van der Waals surface area contributed by atoms with Crippen molar-refractivity contribution >= 4 is 5.91 Å². The molecule has 32 heavy (non-hydrogen) atoms. The minimum Gasteiger partial charge on any atom is -0.481 e. The van der Waals surface area contributed by atoms with Crippen LogP contribution in [0.2, 0.25) is 0 Å². The van der Waals surface area contributed by atoms with Crippen molar-refractivity contribution in [1.29, 1.82) is 0 Å². The van der Waals surface area contributed by atoms with Gasteiger partial charge in [0.1, 0.15) is 5.75 Å². The van der Waals surface area contributed by atoms with E-state index in [0.29, 0.717) is 24.5 Å². The van der Waals surface area contributed by atoms with Gasteiger partial charge < -0.3 is 10.1 Å². The number of hydrogen-bond acceptors (Lipinski definition) is 4. The molecule has 0 spiro atoms. The topological polar surface area (TPSA) is 73.2 Å². The van der Waals surface area contributed by atoms with Crippen LogP contribution in [0.3, 0.4) is 0 Å². The number of carbonyl (C=O) groups excluding carboxylic acids is 1. The van der Waals surface area contributed by atoms with Crippen LogP contribution in [0.25, 0.3) is 11.3 Å². The van der Waals surface area contributed by atoms with Crippen molar-refractivity contribution in [3.63, 3.8) is 0 Å². The zero-order valence-corrected chi connectivity index (χ0v) is 19.4. The van der Waals surface area contributed by atoms with Crippen molar-refractivity contribution in [2.75, 3.05) is 6.54 Å². The molecule has 1 N–H and O–H groups in total. The van der Waals surface area contributed by atoms with Gasteiger partial charge in [-0.1, -0.05) is 68.8 Å². The Labute approximate surface area is 189 Å². The molecule has 0 aliphatic heterocycles. The van der Waals surface area contributed by atoms with Crippen LogP contribution in [0.4, 0.5) is 0 Å². The van der Waals surface area contributed by atoms with Gasteiger partial charge in [0.2, 0.25) is 0 Å². The number of aryl methyl sites for hydroxylation is 1. The average Bonchev–Trinajstić information content (AvgIpc) is 2.75. The highest BCUT2D eigenvalue weighted by atomic mass is 16.5. The minimum absolute atomic E-state index is 0.0996. The number of aromatic nitrogens is 2. The summed E-state index contributed by atoms with van der Waals surface area (Å²) in [5.41, 5.74) is 3.47. The van der Waals surface area contributed by atoms with Crippen LogP contribution in [0.15, 0.2) is 65.7 Å². The van der Waals surface area contributed by atoms with Crippen LogP contribution in [0.5, 0.6) is 5.75 Å². The van der Waals surface area contributed by atoms with E-state index in [4.69, 9.17) is 4.74 Å². The first-order valence-corrected chi connectivity index (χ1v) is 10.8. The highest BCUT2D eigenvalue weighted by Gasteiger charge is 2.22. The van der Waals surface area contributed by atoms with Crippen molar-refractivity contribution < 1.29 is 9.53 Å². The Morgan fingerprint density at radius 3 is 2.50 bits per heavy atom. The van der Waals surface area contributed by atoms with Gasteiger partial charge in [-0.25, -0.2) is 4.98 Å². The van der Waals surface area contributed by atoms with Gasteiger partial charge in [-0.05, 0) is 30.9 Å². The number of nitrogens with zero attached hydrogens (tertiary/aromatic N) is 2. The normalized spacial score (nSPS) is 12.3. The quantitative estimate of drug-likeness (QED) is 0.609. The molecule has 1 aromatic heterocycles. The van der Waals surface area contributed by atoms with E-state index in [1.54, 1.807) is 6.92 Å². The number of hydrogen-bond donors (Lipinski definition) is 1. The summed E-state index contributed by atoms with van der Waals surface area (Å²) >= 11 is 0. The van der Waals surface area contributed by atoms with Crippen LogP contribution in [-0.2, 0) is 16.8 Å². The van der Waals surface area contributed by atoms with Crippen molar-refractivity contribution in [2.24, 2.45) is 0 Å². The molecule has 2 aromatic carbocycles. The van der Waals surface area contributed by atoms with Gasteiger partial charge in [0.15, 0.2) is 6.10 Å². The van der Waals surface area contributed by atoms with Crippen molar-refractivity contribution in [3.05, 3.63) is 82.4 Å². The summed E-state index contributed by atoms with van der Waals surface area (Å²) < 4.78 is 7.47. The van der Waals surface area contributed by atoms with Crippen LogP contribution < -0.4 is 15.6 Å². The molecule has 168 valence electrons. The standard InChI is InChI=1S/C26H31N3O3/c1-18-11-12-23(21(15-18)26(3,4)5)32-19(2)25(31)27-13-14-29-17-28-22(16-24(29)30)20-9-7-6-8-10-20/h6-12,15-17,19H,13-14H2,1-5H3,(H,27,31). The van der Waals surface area contributed by atoms with E-state index in [1.807, 2.05) is 49.4 Å². The molecule has 6 heteroatoms. The lowest BCUT2D eigenvalue weighted by molar-refractivity contribution is -0.127. The Hall–Kier alpha value is -3.41. The van der Waals surface area contributed by atoms with E-state index in [0.717, 1.165) is 16.7 Å². The second kappa shape index (κ2) is 9.81. The van der Waals surface area contributed by atoms with Crippen LogP contribution in [-0.4, -0.2) is 28.1 Å². The van der Waals surface area contributed by atoms with Gasteiger partial charge >= 0.3 is 0 Å². The number of ether oxygens (including phenoxy) is 1. The molecule has 1 unspecified atom stereocenters. The third kappa shape index (κ3) is 5.84. The molecule has 0 saturated carbocycles. The van der Waals surface area contributed by atoms with Gasteiger partial charge in [0.05, 0.1) is 12.0 Å². The fourth-order valence-electron chi connectivity index (χ4n) is 3.38. The molecule has 3 aromatic rings. The van der Waals surface area contributed by atoms with Gasteiger partial charge in [-0.2, -0.15) is 0 Å². The molecule has 1 atom stereocenters. The highest BCUT2D eigenvalue weighted by molar-refractivity contribution is 5.80. The Bertz CT molecular complexity index is 1130. The van der Waals surface area contributed by atoms with Crippen LogP contribution in [0, 0.1) is 6.92 Å². The first kappa shape index (κ1) is 23.3. The summed E-state index contributed by atoms with van der Waals surface area (Å²) in [5.74, 6) is 0.481. The van der Waals surface area contributed by atoms with Gasteiger partial charge in [-0.15, -0.1) is 0 Å². The van der Waals surface area contributed by atoms with Gasteiger partial charge in [-0.3, -0.25) is 14.2 Å². The Kier molecular flexibility index (Phi) is 7.13. The molecule has 0 radical (unpaired) electrons. The molecule has 0 aliphatic rings. The molecule has 1 heterocycles. The predicted molar refractivity (Wildman–Crippen MR) is 127 cm³/mol. The van der Waals surface area contributed by atoms with E-state index in [1.165, 1.54) is 17.0 Å². The van der Waals surface area contributed by atoms with Crippen molar-refractivity contribution in [1.82, 2.24) is 14.9 Å². The Balaban J connectivity index is 1.58. The highest BCUT2D eigenvalue weighted by Crippen LogP contribution is 2.32. The number of carbonyl (C=O) groups is 1. The summed E-state index contributed by atoms with van der Waals surface area (Å²) in [7, 11) is 0. The lowest BCUT2D eigenvalue weighted by Crippen LogP contribution is -2.39. The van der Waals surface area contributed by atoms with E-state index in [9.17, 15) is 9.59 Å². The SMILES string of the molecule is Cc1ccc(OC(C)C(=O)NCCn2cnc(-c3ccccc3)cc2=O)c(C(C)(C)C)c1. The Morgan fingerprint density at radius 1 is 1.12 bits per heavy atom. The summed E-state index contributed by atoms with van der Waals surface area (Å²) in [5, 5.41) is 2.84. The lowest BCUT2D eigenvalue weighted by atomic mass is 9.85. The number of rotatable bonds is 7. The zero-order valence-electron chi connectivity index (χ0n) is 19.4. The van der Waals surface area contributed by atoms with E-state index < -0.39 is 6.10 Å². The third-order valence-electron chi connectivity index (χ3n) is 5.22. The van der Waals surface area contributed by atoms with Gasteiger partial charge in [0.25, 0.3) is 11.5 Å². The maximum atomic E-state index is 12.6. The predicted octanol–water partition coefficient (Wildman–Crippen LogP) is 4.10. The molecule has 0 aliphatic carbocycles. The van der Waals surface area contributed by atoms with Gasteiger partial charge in [0, 0.05) is 24.7 Å². The molecular formula is C26H31N3O3. The maximum Gasteiger partial charge on any atom is 0.260 e. The number of amides is 1. The molecular weight excluding hydrogens is 402 g/mol. The van der Waals surface area contributed by atoms with Crippen molar-refractivity contribution in [2.45, 2.75) is 52.7 Å². The second-order valence-electron chi connectivity index (χ2n) is 8.97. The fourth-order valence-corrected chi connectivity index (χ4v) is 3.38.